The smallest absolute Gasteiger partial charge is 0.0899 e. The molecule has 1 aliphatic rings. The topological polar surface area (TPSA) is 34.1 Å². The van der Waals surface area contributed by atoms with Crippen LogP contribution in [0.4, 0.5) is 0 Å². The van der Waals surface area contributed by atoms with E-state index in [-0.39, 0.29) is 12.4 Å². The van der Waals surface area contributed by atoms with Crippen LogP contribution in [0.3, 0.4) is 0 Å². The Morgan fingerprint density at radius 2 is 2.20 bits per heavy atom. The Morgan fingerprint density at radius 1 is 1.47 bits per heavy atom. The highest BCUT2D eigenvalue weighted by Gasteiger charge is 2.18. The van der Waals surface area contributed by atoms with Crippen LogP contribution in [-0.2, 0) is 24.4 Å². The van der Waals surface area contributed by atoms with E-state index in [1.807, 2.05) is 6.92 Å². The monoisotopic (exact) mass is 248 g/mol. The van der Waals surface area contributed by atoms with Crippen molar-refractivity contribution in [3.63, 3.8) is 0 Å². The first kappa shape index (κ1) is 12.7. The average Bonchev–Trinajstić information content (AvgIpc) is 2.62. The zero-order valence-corrected chi connectivity index (χ0v) is 10.3. The maximum Gasteiger partial charge on any atom is 0.0899 e. The molecular weight excluding hydrogens is 235 g/mol. The molecule has 0 aromatic carbocycles. The first-order valence-electron chi connectivity index (χ1n) is 4.60. The molecule has 0 radical (unpaired) electrons. The van der Waals surface area contributed by atoms with Crippen LogP contribution >= 0.6 is 24.0 Å². The Morgan fingerprint density at radius 3 is 2.87 bits per heavy atom. The lowest BCUT2D eigenvalue weighted by Gasteiger charge is -2.09. The first-order valence-corrected chi connectivity index (χ1v) is 4.98. The average molecular weight is 249 g/mol. The molecule has 1 N–H and O–H groups in total. The molecule has 0 saturated heterocycles. The lowest BCUT2D eigenvalue weighted by atomic mass is 10.1. The van der Waals surface area contributed by atoms with Crippen LogP contribution in [0.25, 0.3) is 0 Å². The molecule has 3 nitrogen and oxygen atoms in total. The SMILES string of the molecule is COCc1nc2c(c(C)c1Cl)CNC2.Cl. The van der Waals surface area contributed by atoms with Crippen molar-refractivity contribution in [1.82, 2.24) is 10.3 Å². The summed E-state index contributed by atoms with van der Waals surface area (Å²) < 4.78 is 5.06. The Bertz CT molecular complexity index is 369. The summed E-state index contributed by atoms with van der Waals surface area (Å²) in [6.07, 6.45) is 0. The molecule has 0 atom stereocenters. The van der Waals surface area contributed by atoms with Crippen molar-refractivity contribution < 1.29 is 4.74 Å². The van der Waals surface area contributed by atoms with Crippen LogP contribution in [-0.4, -0.2) is 12.1 Å². The van der Waals surface area contributed by atoms with Gasteiger partial charge < -0.3 is 10.1 Å². The first-order chi connectivity index (χ1) is 6.74. The van der Waals surface area contributed by atoms with E-state index in [1.165, 1.54) is 5.56 Å². The molecule has 0 bridgehead atoms. The highest BCUT2D eigenvalue weighted by molar-refractivity contribution is 6.32. The molecule has 0 spiro atoms. The second-order valence-electron chi connectivity index (χ2n) is 3.46. The van der Waals surface area contributed by atoms with Crippen LogP contribution in [0.2, 0.25) is 5.02 Å². The second-order valence-corrected chi connectivity index (χ2v) is 3.84. The molecule has 5 heteroatoms. The van der Waals surface area contributed by atoms with E-state index in [9.17, 15) is 0 Å². The molecule has 0 aliphatic carbocycles. The summed E-state index contributed by atoms with van der Waals surface area (Å²) >= 11 is 6.19. The minimum Gasteiger partial charge on any atom is -0.378 e. The minimum atomic E-state index is 0. The summed E-state index contributed by atoms with van der Waals surface area (Å²) in [4.78, 5) is 4.48. The van der Waals surface area contributed by atoms with Crippen molar-refractivity contribution >= 4 is 24.0 Å². The maximum absolute atomic E-state index is 6.19. The zero-order valence-electron chi connectivity index (χ0n) is 8.76. The van der Waals surface area contributed by atoms with Crippen molar-refractivity contribution in [3.8, 4) is 0 Å². The molecule has 84 valence electrons. The molecule has 0 saturated carbocycles. The number of ether oxygens (including phenoxy) is 1. The van der Waals surface area contributed by atoms with Crippen molar-refractivity contribution in [2.24, 2.45) is 0 Å². The number of hydrogen-bond acceptors (Lipinski definition) is 3. The Labute approximate surface area is 101 Å². The molecule has 2 heterocycles. The molecule has 1 aromatic rings. The van der Waals surface area contributed by atoms with Crippen molar-refractivity contribution in [2.45, 2.75) is 26.6 Å². The predicted molar refractivity (Wildman–Crippen MR) is 62.5 cm³/mol. The Balaban J connectivity index is 0.00000112. The number of halogens is 2. The second kappa shape index (κ2) is 5.12. The fraction of sp³-hybridized carbons (Fsp3) is 0.500. The largest absolute Gasteiger partial charge is 0.378 e. The van der Waals surface area contributed by atoms with Gasteiger partial charge in [0.1, 0.15) is 0 Å². The molecule has 1 aliphatic heterocycles. The number of methoxy groups -OCH3 is 1. The van der Waals surface area contributed by atoms with Gasteiger partial charge in [0.2, 0.25) is 0 Å². The number of fused-ring (bicyclic) bond motifs is 1. The van der Waals surface area contributed by atoms with Gasteiger partial charge in [0.05, 0.1) is 23.0 Å². The summed E-state index contributed by atoms with van der Waals surface area (Å²) in [6, 6.07) is 0. The molecule has 1 aromatic heterocycles. The quantitative estimate of drug-likeness (QED) is 0.872. The molecule has 0 amide bonds. The third-order valence-electron chi connectivity index (χ3n) is 2.53. The van der Waals surface area contributed by atoms with Gasteiger partial charge in [0.15, 0.2) is 0 Å². The minimum absolute atomic E-state index is 0. The fourth-order valence-corrected chi connectivity index (χ4v) is 1.97. The van der Waals surface area contributed by atoms with Crippen molar-refractivity contribution in [1.29, 1.82) is 0 Å². The van der Waals surface area contributed by atoms with Gasteiger partial charge in [-0.1, -0.05) is 11.6 Å². The van der Waals surface area contributed by atoms with Gasteiger partial charge in [0, 0.05) is 20.2 Å². The number of nitrogens with one attached hydrogen (secondary N) is 1. The van der Waals surface area contributed by atoms with Gasteiger partial charge >= 0.3 is 0 Å². The van der Waals surface area contributed by atoms with E-state index in [0.29, 0.717) is 6.61 Å². The Kier molecular flexibility index (Phi) is 4.34. The lowest BCUT2D eigenvalue weighted by molar-refractivity contribution is 0.181. The molecule has 15 heavy (non-hydrogen) atoms. The van der Waals surface area contributed by atoms with Gasteiger partial charge in [-0.25, -0.2) is 0 Å². The van der Waals surface area contributed by atoms with Gasteiger partial charge in [-0.15, -0.1) is 12.4 Å². The van der Waals surface area contributed by atoms with Gasteiger partial charge in [-0.3, -0.25) is 4.98 Å². The van der Waals surface area contributed by atoms with E-state index in [1.54, 1.807) is 7.11 Å². The highest BCUT2D eigenvalue weighted by atomic mass is 35.5. The van der Waals surface area contributed by atoms with Crippen molar-refractivity contribution in [2.75, 3.05) is 7.11 Å². The molecular formula is C10H14Cl2N2O. The third kappa shape index (κ3) is 2.26. The summed E-state index contributed by atoms with van der Waals surface area (Å²) in [5.74, 6) is 0. The third-order valence-corrected chi connectivity index (χ3v) is 3.03. The van der Waals surface area contributed by atoms with E-state index in [2.05, 4.69) is 10.3 Å². The Hall–Kier alpha value is -0.350. The zero-order chi connectivity index (χ0) is 10.1. The number of hydrogen-bond donors (Lipinski definition) is 1. The predicted octanol–water partition coefficient (Wildman–Crippen LogP) is 2.21. The van der Waals surface area contributed by atoms with E-state index in [0.717, 1.165) is 35.1 Å². The van der Waals surface area contributed by atoms with Crippen LogP contribution in [0, 0.1) is 6.92 Å². The van der Waals surface area contributed by atoms with Crippen LogP contribution in [0.15, 0.2) is 0 Å². The van der Waals surface area contributed by atoms with E-state index in [4.69, 9.17) is 16.3 Å². The van der Waals surface area contributed by atoms with Gasteiger partial charge in [0.25, 0.3) is 0 Å². The number of aromatic nitrogens is 1. The van der Waals surface area contributed by atoms with E-state index >= 15 is 0 Å². The highest BCUT2D eigenvalue weighted by Crippen LogP contribution is 2.27. The van der Waals surface area contributed by atoms with E-state index < -0.39 is 0 Å². The van der Waals surface area contributed by atoms with Crippen molar-refractivity contribution in [3.05, 3.63) is 27.5 Å². The normalized spacial score (nSPS) is 13.5. The fourth-order valence-electron chi connectivity index (χ4n) is 1.76. The number of nitrogens with zero attached hydrogens (tertiary/aromatic N) is 1. The van der Waals surface area contributed by atoms with Crippen LogP contribution in [0.1, 0.15) is 22.5 Å². The molecule has 0 fully saturated rings. The summed E-state index contributed by atoms with van der Waals surface area (Å²) in [6.45, 7) is 4.23. The number of pyridine rings is 1. The standard InChI is InChI=1S/C10H13ClN2O.ClH/c1-6-7-3-12-4-8(7)13-9(5-14-2)10(6)11;/h12H,3-5H2,1-2H3;1H. The number of rotatable bonds is 2. The molecule has 0 unspecified atom stereocenters. The van der Waals surface area contributed by atoms with Crippen LogP contribution < -0.4 is 5.32 Å². The molecule has 2 rings (SSSR count). The summed E-state index contributed by atoms with van der Waals surface area (Å²) in [7, 11) is 1.65. The lowest BCUT2D eigenvalue weighted by Crippen LogP contribution is -2.02. The van der Waals surface area contributed by atoms with Crippen LogP contribution in [0.5, 0.6) is 0 Å². The summed E-state index contributed by atoms with van der Waals surface area (Å²) in [5.41, 5.74) is 4.33. The summed E-state index contributed by atoms with van der Waals surface area (Å²) in [5, 5.41) is 4.01. The van der Waals surface area contributed by atoms with Gasteiger partial charge in [-0.2, -0.15) is 0 Å². The maximum atomic E-state index is 6.19. The van der Waals surface area contributed by atoms with Gasteiger partial charge in [-0.05, 0) is 18.1 Å².